The number of methoxy groups -OCH3 is 1. The van der Waals surface area contributed by atoms with E-state index in [4.69, 9.17) is 4.74 Å². The molecule has 0 fully saturated rings. The first-order valence-corrected chi connectivity index (χ1v) is 7.06. The lowest BCUT2D eigenvalue weighted by Gasteiger charge is -2.21. The van der Waals surface area contributed by atoms with E-state index in [0.717, 1.165) is 36.9 Å². The zero-order valence-electron chi connectivity index (χ0n) is 12.4. The molecule has 0 spiro atoms. The molecule has 1 unspecified atom stereocenters. The number of pyridine rings is 1. The van der Waals surface area contributed by atoms with Crippen LogP contribution < -0.4 is 5.56 Å². The number of amides is 1. The monoisotopic (exact) mass is 278 g/mol. The number of aryl methyl sites for hydroxylation is 2. The fraction of sp³-hybridized carbons (Fsp3) is 0.600. The first kappa shape index (κ1) is 14.8. The summed E-state index contributed by atoms with van der Waals surface area (Å²) in [6.07, 6.45) is 3.99. The molecule has 110 valence electrons. The van der Waals surface area contributed by atoms with Gasteiger partial charge in [0.15, 0.2) is 0 Å². The van der Waals surface area contributed by atoms with E-state index in [-0.39, 0.29) is 23.1 Å². The van der Waals surface area contributed by atoms with Crippen molar-refractivity contribution in [3.05, 3.63) is 33.2 Å². The first-order chi connectivity index (χ1) is 9.52. The maximum absolute atomic E-state index is 12.4. The molecular formula is C15H22N2O3. The molecule has 0 aliphatic heterocycles. The van der Waals surface area contributed by atoms with Crippen LogP contribution in [0.4, 0.5) is 0 Å². The molecule has 2 rings (SSSR count). The van der Waals surface area contributed by atoms with Crippen LogP contribution in [0, 0.1) is 0 Å². The summed E-state index contributed by atoms with van der Waals surface area (Å²) < 4.78 is 5.15. The Balaban J connectivity index is 2.23. The Morgan fingerprint density at radius 1 is 1.45 bits per heavy atom. The van der Waals surface area contributed by atoms with E-state index in [0.29, 0.717) is 6.54 Å². The van der Waals surface area contributed by atoms with Crippen LogP contribution in [0.5, 0.6) is 0 Å². The summed E-state index contributed by atoms with van der Waals surface area (Å²) in [5.74, 6) is -0.247. The number of carbonyl (C=O) groups excluding carboxylic acids is 1. The predicted molar refractivity (Wildman–Crippen MR) is 77.1 cm³/mol. The van der Waals surface area contributed by atoms with Gasteiger partial charge in [0.2, 0.25) is 0 Å². The van der Waals surface area contributed by atoms with Gasteiger partial charge in [-0.3, -0.25) is 9.59 Å². The van der Waals surface area contributed by atoms with Crippen LogP contribution in [0.2, 0.25) is 0 Å². The Morgan fingerprint density at radius 3 is 2.85 bits per heavy atom. The highest BCUT2D eigenvalue weighted by Crippen LogP contribution is 2.18. The second-order valence-electron chi connectivity index (χ2n) is 5.46. The maximum Gasteiger partial charge on any atom is 0.261 e. The second kappa shape index (κ2) is 6.22. The van der Waals surface area contributed by atoms with Crippen LogP contribution >= 0.6 is 0 Å². The topological polar surface area (TPSA) is 62.4 Å². The largest absolute Gasteiger partial charge is 0.380 e. The summed E-state index contributed by atoms with van der Waals surface area (Å²) in [6.45, 7) is 2.35. The number of aromatic nitrogens is 1. The van der Waals surface area contributed by atoms with E-state index in [1.807, 2.05) is 6.92 Å². The quantitative estimate of drug-likeness (QED) is 0.904. The molecule has 1 aromatic rings. The van der Waals surface area contributed by atoms with Gasteiger partial charge < -0.3 is 14.6 Å². The molecule has 1 aliphatic carbocycles. The fourth-order valence-corrected chi connectivity index (χ4v) is 2.58. The summed E-state index contributed by atoms with van der Waals surface area (Å²) in [4.78, 5) is 28.8. The molecule has 5 heteroatoms. The second-order valence-corrected chi connectivity index (χ2v) is 5.46. The highest BCUT2D eigenvalue weighted by atomic mass is 16.5. The fourth-order valence-electron chi connectivity index (χ4n) is 2.58. The number of fused-ring (bicyclic) bond motifs is 1. The van der Waals surface area contributed by atoms with Crippen LogP contribution in [0.15, 0.2) is 10.9 Å². The Kier molecular flexibility index (Phi) is 4.60. The van der Waals surface area contributed by atoms with Crippen LogP contribution in [0.1, 0.15) is 41.4 Å². The molecule has 1 heterocycles. The third kappa shape index (κ3) is 3.10. The summed E-state index contributed by atoms with van der Waals surface area (Å²) in [6, 6.07) is 1.77. The average molecular weight is 278 g/mol. The number of hydrogen-bond donors (Lipinski definition) is 1. The van der Waals surface area contributed by atoms with Crippen molar-refractivity contribution in [1.29, 1.82) is 0 Å². The lowest BCUT2D eigenvalue weighted by atomic mass is 9.95. The Bertz CT molecular complexity index is 551. The van der Waals surface area contributed by atoms with Gasteiger partial charge in [-0.05, 0) is 44.2 Å². The lowest BCUT2D eigenvalue weighted by Crippen LogP contribution is -2.37. The van der Waals surface area contributed by atoms with Crippen molar-refractivity contribution in [3.63, 3.8) is 0 Å². The number of rotatable bonds is 4. The Morgan fingerprint density at radius 2 is 2.15 bits per heavy atom. The highest BCUT2D eigenvalue weighted by molar-refractivity contribution is 5.93. The third-order valence-electron chi connectivity index (χ3n) is 3.85. The lowest BCUT2D eigenvalue weighted by molar-refractivity contribution is 0.0598. The van der Waals surface area contributed by atoms with Crippen LogP contribution in [-0.4, -0.2) is 42.6 Å². The zero-order valence-corrected chi connectivity index (χ0v) is 12.4. The summed E-state index contributed by atoms with van der Waals surface area (Å²) in [5.41, 5.74) is 2.04. The minimum Gasteiger partial charge on any atom is -0.380 e. The molecule has 20 heavy (non-hydrogen) atoms. The van der Waals surface area contributed by atoms with E-state index >= 15 is 0 Å². The van der Waals surface area contributed by atoms with Crippen LogP contribution in [0.3, 0.4) is 0 Å². The number of nitrogens with zero attached hydrogens (tertiary/aromatic N) is 1. The zero-order chi connectivity index (χ0) is 14.7. The molecule has 1 aliphatic rings. The summed E-state index contributed by atoms with van der Waals surface area (Å²) in [7, 11) is 3.30. The number of aromatic amines is 1. The number of nitrogens with one attached hydrogen (secondary N) is 1. The van der Waals surface area contributed by atoms with Gasteiger partial charge in [0.1, 0.15) is 5.56 Å². The molecule has 0 saturated carbocycles. The number of hydrogen-bond acceptors (Lipinski definition) is 3. The molecule has 5 nitrogen and oxygen atoms in total. The molecule has 1 atom stereocenters. The van der Waals surface area contributed by atoms with Crippen molar-refractivity contribution in [2.24, 2.45) is 0 Å². The van der Waals surface area contributed by atoms with Crippen molar-refractivity contribution in [2.75, 3.05) is 20.7 Å². The van der Waals surface area contributed by atoms with Gasteiger partial charge in [0, 0.05) is 26.4 Å². The smallest absolute Gasteiger partial charge is 0.261 e. The number of H-pyrrole nitrogens is 1. The molecular weight excluding hydrogens is 256 g/mol. The van der Waals surface area contributed by atoms with Gasteiger partial charge in [-0.25, -0.2) is 0 Å². The van der Waals surface area contributed by atoms with Gasteiger partial charge in [0.25, 0.3) is 11.5 Å². The standard InChI is InChI=1S/C15H22N2O3/c1-10(20-3)9-17(2)15(19)12-8-11-6-4-5-7-13(11)16-14(12)18/h8,10H,4-7,9H2,1-3H3,(H,16,18). The predicted octanol–water partition coefficient (Wildman–Crippen LogP) is 1.36. The minimum absolute atomic E-state index is 0.0549. The molecule has 1 aromatic heterocycles. The van der Waals surface area contributed by atoms with Gasteiger partial charge in [0.05, 0.1) is 6.10 Å². The van der Waals surface area contributed by atoms with E-state index in [2.05, 4.69) is 4.98 Å². The van der Waals surface area contributed by atoms with E-state index in [1.165, 1.54) is 4.90 Å². The average Bonchev–Trinajstić information content (AvgIpc) is 2.45. The molecule has 0 saturated heterocycles. The molecule has 1 amide bonds. The number of carbonyl (C=O) groups is 1. The van der Waals surface area contributed by atoms with E-state index in [9.17, 15) is 9.59 Å². The van der Waals surface area contributed by atoms with E-state index in [1.54, 1.807) is 20.2 Å². The summed E-state index contributed by atoms with van der Waals surface area (Å²) in [5, 5.41) is 0. The minimum atomic E-state index is -0.285. The van der Waals surface area contributed by atoms with Crippen molar-refractivity contribution < 1.29 is 9.53 Å². The van der Waals surface area contributed by atoms with Gasteiger partial charge in [-0.2, -0.15) is 0 Å². The van der Waals surface area contributed by atoms with Crippen LogP contribution in [0.25, 0.3) is 0 Å². The van der Waals surface area contributed by atoms with Gasteiger partial charge in [-0.1, -0.05) is 0 Å². The van der Waals surface area contributed by atoms with Crippen molar-refractivity contribution in [2.45, 2.75) is 38.7 Å². The maximum atomic E-state index is 12.4. The summed E-state index contributed by atoms with van der Waals surface area (Å²) >= 11 is 0. The van der Waals surface area contributed by atoms with Gasteiger partial charge >= 0.3 is 0 Å². The number of likely N-dealkylation sites (N-methyl/N-ethyl adjacent to an activating group) is 1. The third-order valence-corrected chi connectivity index (χ3v) is 3.85. The van der Waals surface area contributed by atoms with Gasteiger partial charge in [-0.15, -0.1) is 0 Å². The van der Waals surface area contributed by atoms with Crippen molar-refractivity contribution in [3.8, 4) is 0 Å². The van der Waals surface area contributed by atoms with Crippen molar-refractivity contribution in [1.82, 2.24) is 9.88 Å². The Hall–Kier alpha value is -1.62. The first-order valence-electron chi connectivity index (χ1n) is 7.06. The van der Waals surface area contributed by atoms with Crippen molar-refractivity contribution >= 4 is 5.91 Å². The SMILES string of the molecule is COC(C)CN(C)C(=O)c1cc2c([nH]c1=O)CCCC2. The normalized spacial score (nSPS) is 15.6. The molecule has 0 bridgehead atoms. The van der Waals surface area contributed by atoms with Crippen LogP contribution in [-0.2, 0) is 17.6 Å². The van der Waals surface area contributed by atoms with E-state index < -0.39 is 0 Å². The highest BCUT2D eigenvalue weighted by Gasteiger charge is 2.20. The molecule has 0 radical (unpaired) electrons. The number of ether oxygens (including phenoxy) is 1. The molecule has 1 N–H and O–H groups in total. The molecule has 0 aromatic carbocycles. The Labute approximate surface area is 118 Å².